The van der Waals surface area contributed by atoms with Crippen molar-refractivity contribution in [3.05, 3.63) is 72.9 Å². The topological polar surface area (TPSA) is 254 Å². The Labute approximate surface area is 596 Å². The largest absolute Gasteiger partial charge is 0.455 e. The predicted molar refractivity (Wildman–Crippen MR) is 389 cm³/mol. The molecule has 7 heterocycles. The van der Waals surface area contributed by atoms with Gasteiger partial charge in [0, 0.05) is 49.0 Å². The average molecular weight is 1400 g/mol. The minimum atomic E-state index is -0.556. The number of esters is 6. The summed E-state index contributed by atoms with van der Waals surface area (Å²) in [5, 5.41) is 28.6. The molecule has 7 aliphatic rings. The lowest BCUT2D eigenvalue weighted by molar-refractivity contribution is -0.193. The number of carbonyl (C=O) groups excluding carboxylic acids is 7. The van der Waals surface area contributed by atoms with E-state index < -0.39 is 11.2 Å². The van der Waals surface area contributed by atoms with Gasteiger partial charge in [-0.15, -0.1) is 0 Å². The summed E-state index contributed by atoms with van der Waals surface area (Å²) in [7, 11) is 0. The average Bonchev–Trinajstić information content (AvgIpc) is 2.07. The van der Waals surface area contributed by atoms with Crippen LogP contribution < -0.4 is 0 Å². The summed E-state index contributed by atoms with van der Waals surface area (Å²) < 4.78 is 41.9. The second-order valence-electron chi connectivity index (χ2n) is 29.2. The van der Waals surface area contributed by atoms with Crippen LogP contribution in [-0.2, 0) is 71.5 Å². The molecule has 13 atom stereocenters. The second-order valence-corrected chi connectivity index (χ2v) is 29.2. The number of hydrogen-bond donors (Lipinski definition) is 3. The van der Waals surface area contributed by atoms with Crippen molar-refractivity contribution in [2.45, 2.75) is 374 Å². The van der Waals surface area contributed by atoms with Crippen LogP contribution in [0, 0.1) is 17.8 Å². The molecule has 0 amide bonds. The summed E-state index contributed by atoms with van der Waals surface area (Å²) in [6.45, 7) is 22.6. The molecule has 0 aliphatic carbocycles. The molecule has 13 unspecified atom stereocenters. The molecule has 18 nitrogen and oxygen atoms in total. The first-order chi connectivity index (χ1) is 47.2. The Morgan fingerprint density at radius 2 is 0.778 bits per heavy atom. The zero-order chi connectivity index (χ0) is 73.3. The number of hydrogen-bond acceptors (Lipinski definition) is 18. The van der Waals surface area contributed by atoms with Gasteiger partial charge in [-0.05, 0) is 225 Å². The van der Waals surface area contributed by atoms with E-state index in [0.29, 0.717) is 11.8 Å². The van der Waals surface area contributed by atoms with E-state index in [1.54, 1.807) is 6.92 Å². The Morgan fingerprint density at radius 3 is 1.08 bits per heavy atom. The molecular weight excluding hydrogens is 1260 g/mol. The lowest BCUT2D eigenvalue weighted by Gasteiger charge is -2.29. The quantitative estimate of drug-likeness (QED) is 0.0291. The molecule has 0 aromatic heterocycles. The van der Waals surface area contributed by atoms with Crippen molar-refractivity contribution >= 4 is 41.6 Å². The number of aliphatic hydroxyl groups excluding tert-OH is 1. The van der Waals surface area contributed by atoms with Crippen LogP contribution in [0.2, 0.25) is 0 Å². The number of carbonyl (C=O) groups is 7. The van der Waals surface area contributed by atoms with Crippen molar-refractivity contribution in [1.82, 2.24) is 0 Å². The van der Waals surface area contributed by atoms with Crippen molar-refractivity contribution < 1.29 is 86.8 Å². The molecule has 0 saturated carbocycles. The van der Waals surface area contributed by atoms with Gasteiger partial charge >= 0.3 is 35.8 Å². The van der Waals surface area contributed by atoms with Gasteiger partial charge in [0.2, 0.25) is 0 Å². The van der Waals surface area contributed by atoms with Crippen molar-refractivity contribution in [2.24, 2.45) is 17.8 Å². The van der Waals surface area contributed by atoms with Gasteiger partial charge in [0.25, 0.3) is 0 Å². The number of Topliss-reactive ketones (excluding diaryl/α,β-unsaturated/α-hetero) is 1. The fourth-order valence-electron chi connectivity index (χ4n) is 11.6. The fourth-order valence-corrected chi connectivity index (χ4v) is 11.6. The van der Waals surface area contributed by atoms with Gasteiger partial charge in [0.05, 0.1) is 23.4 Å². The van der Waals surface area contributed by atoms with Gasteiger partial charge in [0.15, 0.2) is 6.29 Å². The van der Waals surface area contributed by atoms with E-state index in [9.17, 15) is 48.9 Å². The minimum absolute atomic E-state index is 0.00156. The fraction of sp³-hybridized carbons (Fsp3) is 0.765. The van der Waals surface area contributed by atoms with Crippen molar-refractivity contribution in [2.75, 3.05) is 6.61 Å². The molecule has 7 aliphatic heterocycles. The lowest BCUT2D eigenvalue weighted by Crippen LogP contribution is -2.29. The van der Waals surface area contributed by atoms with Gasteiger partial charge < -0.3 is 53.2 Å². The number of cyclic esters (lactones) is 6. The summed E-state index contributed by atoms with van der Waals surface area (Å²) in [5.74, 6) is 0.115. The molecule has 1 saturated heterocycles. The Morgan fingerprint density at radius 1 is 0.455 bits per heavy atom. The van der Waals surface area contributed by atoms with Crippen LogP contribution in [0.1, 0.15) is 307 Å². The molecule has 0 aromatic carbocycles. The molecule has 18 heteroatoms. The van der Waals surface area contributed by atoms with Crippen LogP contribution in [0.25, 0.3) is 0 Å². The number of unbranched alkanes of at least 4 members (excludes halogenated alkanes) is 15. The van der Waals surface area contributed by atoms with Crippen LogP contribution >= 0.6 is 0 Å². The van der Waals surface area contributed by atoms with Gasteiger partial charge in [-0.1, -0.05) is 131 Å². The maximum Gasteiger partial charge on any atom is 0.331 e. The smallest absolute Gasteiger partial charge is 0.331 e. The van der Waals surface area contributed by atoms with Crippen LogP contribution in [0.15, 0.2) is 72.9 Å². The van der Waals surface area contributed by atoms with E-state index in [1.165, 1.54) is 101 Å². The first-order valence-electron chi connectivity index (χ1n) is 38.4. The van der Waals surface area contributed by atoms with Crippen LogP contribution in [0.3, 0.4) is 0 Å². The molecule has 0 radical (unpaired) electrons. The first-order valence-corrected chi connectivity index (χ1v) is 38.4. The van der Waals surface area contributed by atoms with E-state index in [1.807, 2.05) is 78.0 Å². The highest BCUT2D eigenvalue weighted by molar-refractivity contribution is 5.86. The molecule has 0 aromatic rings. The van der Waals surface area contributed by atoms with Crippen LogP contribution in [0.5, 0.6) is 0 Å². The third-order valence-corrected chi connectivity index (χ3v) is 19.1. The Bertz CT molecular complexity index is 2430. The van der Waals surface area contributed by atoms with Crippen molar-refractivity contribution in [3.8, 4) is 0 Å². The molecule has 1 fully saturated rings. The summed E-state index contributed by atoms with van der Waals surface area (Å²) in [6, 6.07) is 0. The molecule has 99 heavy (non-hydrogen) atoms. The van der Waals surface area contributed by atoms with Crippen LogP contribution in [-0.4, -0.2) is 130 Å². The van der Waals surface area contributed by atoms with Gasteiger partial charge in [-0.3, -0.25) is 4.79 Å². The molecular formula is C81H134O18. The number of rotatable bonds is 43. The Kier molecular flexibility index (Phi) is 48.6. The summed E-state index contributed by atoms with van der Waals surface area (Å²) in [6.07, 6.45) is 58.9. The molecule has 7 rings (SSSR count). The third kappa shape index (κ3) is 48.3. The lowest BCUT2D eigenvalue weighted by atomic mass is 9.95. The maximum absolute atomic E-state index is 11.0. The molecule has 0 bridgehead atoms. The van der Waals surface area contributed by atoms with Crippen molar-refractivity contribution in [1.29, 1.82) is 0 Å². The van der Waals surface area contributed by atoms with E-state index >= 15 is 0 Å². The molecule has 566 valence electrons. The standard InChI is InChI=1S/C18H30O4.C13H22O3.C13H20O3.C13H22O3.C12H20O3.C12H20O2/c1-14(15(2)21-18-10-6-7-13-20-18)8-4-3-5-9-16-11-12-17(19)22-16;2*1-10(11(2)14)6-4-3-5-7-12-8-9-13(15)16-12;1-3-13(2,15)10-6-4-5-7-11-8-9-12(14)16-11;1-12(2,14)9-5-3-4-6-10-7-8-11(13)15-10;1-2-3-4-5-6-7-8-11-9-10-12(13)14-11/h11-12,14-16,18H,3-10,13H2,1-2H3;8-12,14H,3-7H2,1-2H3;8-10,12H,3-7H2,1-2H3;8-9,11,15H,3-7,10H2,1-2H3;7-8,10,14H,3-6,9H2,1-2H3;9-11H,2-8H2,1H3. The van der Waals surface area contributed by atoms with Crippen LogP contribution in [0.4, 0.5) is 0 Å². The highest BCUT2D eigenvalue weighted by Crippen LogP contribution is 2.26. The van der Waals surface area contributed by atoms with Gasteiger partial charge in [-0.25, -0.2) is 28.8 Å². The molecule has 3 N–H and O–H groups in total. The minimum Gasteiger partial charge on any atom is -0.455 e. The zero-order valence-electron chi connectivity index (χ0n) is 63.0. The monoisotopic (exact) mass is 1390 g/mol. The van der Waals surface area contributed by atoms with E-state index in [0.717, 1.165) is 174 Å². The number of aliphatic hydroxyl groups is 3. The normalized spacial score (nSPS) is 23.0. The molecule has 0 spiro atoms. The number of ketones is 1. The van der Waals surface area contributed by atoms with Gasteiger partial charge in [0.1, 0.15) is 42.4 Å². The SMILES string of the molecule is CC(=O)C(C)CCCCCC1C=CC(=O)O1.CC(C)(O)CCCCCC1C=CC(=O)O1.CC(CCCCCC1C=CC(=O)O1)C(C)OC1CCCCO1.CC(O)C(C)CCCCCC1C=CC(=O)O1.CCC(C)(O)CCCCCC1C=CC(=O)O1.CCCCCCCCC1C=CC(=O)O1. The summed E-state index contributed by atoms with van der Waals surface area (Å²) in [5.41, 5.74) is -1.07. The van der Waals surface area contributed by atoms with E-state index in [2.05, 4.69) is 27.7 Å². The number of ether oxygens (including phenoxy) is 8. The third-order valence-electron chi connectivity index (χ3n) is 19.1. The second kappa shape index (κ2) is 53.5. The zero-order valence-corrected chi connectivity index (χ0v) is 63.0. The highest BCUT2D eigenvalue weighted by atomic mass is 16.7. The van der Waals surface area contributed by atoms with Crippen molar-refractivity contribution in [3.63, 3.8) is 0 Å². The predicted octanol–water partition coefficient (Wildman–Crippen LogP) is 17.1. The Hall–Kier alpha value is -5.27. The van der Waals surface area contributed by atoms with E-state index in [4.69, 9.17) is 37.9 Å². The Balaban J connectivity index is 0.000000407. The summed E-state index contributed by atoms with van der Waals surface area (Å²) in [4.78, 5) is 75.7. The highest BCUT2D eigenvalue weighted by Gasteiger charge is 2.24. The van der Waals surface area contributed by atoms with E-state index in [-0.39, 0.29) is 103 Å². The maximum atomic E-state index is 11.0. The summed E-state index contributed by atoms with van der Waals surface area (Å²) >= 11 is 0. The van der Waals surface area contributed by atoms with Gasteiger partial charge in [-0.2, -0.15) is 0 Å². The first kappa shape index (κ1) is 89.8.